The fourth-order valence-corrected chi connectivity index (χ4v) is 3.67. The van der Waals surface area contributed by atoms with Crippen LogP contribution in [0.25, 0.3) is 0 Å². The molecule has 0 spiro atoms. The number of benzene rings is 1. The Kier molecular flexibility index (Phi) is 7.15. The van der Waals surface area contributed by atoms with Crippen molar-refractivity contribution in [1.29, 1.82) is 5.26 Å². The van der Waals surface area contributed by atoms with Gasteiger partial charge in [-0.2, -0.15) is 5.26 Å². The number of nitriles is 1. The molecule has 0 radical (unpaired) electrons. The Morgan fingerprint density at radius 2 is 2.06 bits per heavy atom. The van der Waals surface area contributed by atoms with Gasteiger partial charge in [-0.05, 0) is 75.3 Å². The molecule has 1 heterocycles. The van der Waals surface area contributed by atoms with Crippen LogP contribution in [0.2, 0.25) is 0 Å². The molecule has 1 aromatic carbocycles. The predicted octanol–water partition coefficient (Wildman–Crippen LogP) is 4.44. The quantitative estimate of drug-likeness (QED) is 0.526. The lowest BCUT2D eigenvalue weighted by molar-refractivity contribution is 0.0564. The third-order valence-corrected chi connectivity index (χ3v) is 5.24. The van der Waals surface area contributed by atoms with Gasteiger partial charge in [0.15, 0.2) is 5.17 Å². The highest BCUT2D eigenvalue weighted by Crippen LogP contribution is 2.36. The number of aliphatic imine (C=N–C) groups is 1. The van der Waals surface area contributed by atoms with Crippen LogP contribution in [0.5, 0.6) is 0 Å². The molecule has 1 unspecified atom stereocenters. The van der Waals surface area contributed by atoms with Crippen molar-refractivity contribution >= 4 is 34.6 Å². The zero-order chi connectivity index (χ0) is 23.3. The van der Waals surface area contributed by atoms with Crippen molar-refractivity contribution in [2.24, 2.45) is 4.99 Å². The number of aromatic nitrogens is 1. The molecule has 2 N–H and O–H groups in total. The highest BCUT2D eigenvalue weighted by molar-refractivity contribution is 8.13. The maximum atomic E-state index is 12.5. The van der Waals surface area contributed by atoms with Crippen LogP contribution in [0.4, 0.5) is 10.5 Å². The number of amides is 2. The van der Waals surface area contributed by atoms with Gasteiger partial charge in [0, 0.05) is 11.9 Å². The van der Waals surface area contributed by atoms with Gasteiger partial charge in [-0.15, -0.1) is 0 Å². The summed E-state index contributed by atoms with van der Waals surface area (Å²) in [6.07, 6.45) is 4.34. The van der Waals surface area contributed by atoms with Crippen LogP contribution in [0, 0.1) is 11.3 Å². The molecule has 9 heteroatoms. The van der Waals surface area contributed by atoms with E-state index in [2.05, 4.69) is 15.6 Å². The third-order valence-electron chi connectivity index (χ3n) is 4.65. The number of pyridine rings is 1. The van der Waals surface area contributed by atoms with E-state index < -0.39 is 11.7 Å². The number of carbonyl (C=O) groups excluding carboxylic acids is 2. The van der Waals surface area contributed by atoms with Crippen molar-refractivity contribution in [3.8, 4) is 6.07 Å². The van der Waals surface area contributed by atoms with Crippen LogP contribution in [-0.2, 0) is 11.2 Å². The number of aryl methyl sites for hydroxylation is 1. The molecule has 0 saturated carbocycles. The molecule has 1 atom stereocenters. The van der Waals surface area contributed by atoms with Gasteiger partial charge in [-0.1, -0.05) is 17.8 Å². The van der Waals surface area contributed by atoms with E-state index in [9.17, 15) is 9.59 Å². The summed E-state index contributed by atoms with van der Waals surface area (Å²) in [5.41, 5.74) is 2.83. The van der Waals surface area contributed by atoms with Gasteiger partial charge in [-0.25, -0.2) is 9.78 Å². The molecule has 1 aliphatic rings. The van der Waals surface area contributed by atoms with Crippen LogP contribution in [0.3, 0.4) is 0 Å². The minimum Gasteiger partial charge on any atom is -0.444 e. The second kappa shape index (κ2) is 9.83. The van der Waals surface area contributed by atoms with Gasteiger partial charge in [0.25, 0.3) is 5.91 Å². The number of thioether (sulfide) groups is 1. The zero-order valence-electron chi connectivity index (χ0n) is 18.4. The Bertz CT molecular complexity index is 1080. The number of fused-ring (bicyclic) bond motifs is 1. The largest absolute Gasteiger partial charge is 0.444 e. The summed E-state index contributed by atoms with van der Waals surface area (Å²) in [7, 11) is 0. The number of rotatable bonds is 3. The summed E-state index contributed by atoms with van der Waals surface area (Å²) < 4.78 is 5.31. The first-order valence-corrected chi connectivity index (χ1v) is 11.3. The second-order valence-corrected chi connectivity index (χ2v) is 9.03. The van der Waals surface area contributed by atoms with Crippen LogP contribution in [-0.4, -0.2) is 34.0 Å². The van der Waals surface area contributed by atoms with Crippen molar-refractivity contribution in [1.82, 2.24) is 10.3 Å². The number of alkyl carbamates (subject to hydrolysis) is 1. The zero-order valence-corrected chi connectivity index (χ0v) is 19.2. The number of hydrogen-bond donors (Lipinski definition) is 2. The first-order valence-electron chi connectivity index (χ1n) is 10.1. The number of ether oxygens (including phenoxy) is 1. The number of anilines is 1. The van der Waals surface area contributed by atoms with Gasteiger partial charge in [0.05, 0.1) is 11.6 Å². The molecular weight excluding hydrogens is 426 g/mol. The van der Waals surface area contributed by atoms with Crippen LogP contribution in [0.1, 0.15) is 60.4 Å². The Morgan fingerprint density at radius 3 is 2.69 bits per heavy atom. The molecule has 32 heavy (non-hydrogen) atoms. The first-order chi connectivity index (χ1) is 15.2. The molecule has 0 fully saturated rings. The number of amidine groups is 1. The number of nitrogens with one attached hydrogen (secondary N) is 2. The second-order valence-electron chi connectivity index (χ2n) is 8.23. The molecule has 2 aromatic rings. The SMILES string of the molecule is CS/C(=N\C1CCc2ccc(NC(=O)c3ccc(C#N)cn3)cc21)NC(=O)OC(C)(C)C. The molecule has 3 rings (SSSR count). The van der Waals surface area contributed by atoms with Crippen molar-refractivity contribution in [3.63, 3.8) is 0 Å². The molecule has 2 amide bonds. The summed E-state index contributed by atoms with van der Waals surface area (Å²) in [6.45, 7) is 5.41. The van der Waals surface area contributed by atoms with Crippen LogP contribution < -0.4 is 10.6 Å². The number of hydrogen-bond acceptors (Lipinski definition) is 7. The van der Waals surface area contributed by atoms with E-state index in [4.69, 9.17) is 15.0 Å². The average molecular weight is 452 g/mol. The molecule has 0 saturated heterocycles. The minimum absolute atomic E-state index is 0.132. The van der Waals surface area contributed by atoms with Gasteiger partial charge < -0.3 is 10.1 Å². The Morgan fingerprint density at radius 1 is 1.28 bits per heavy atom. The van der Waals surface area contributed by atoms with Crippen molar-refractivity contribution in [3.05, 3.63) is 58.9 Å². The fraction of sp³-hybridized carbons (Fsp3) is 0.348. The van der Waals surface area contributed by atoms with E-state index in [1.165, 1.54) is 24.0 Å². The first kappa shape index (κ1) is 23.3. The summed E-state index contributed by atoms with van der Waals surface area (Å²) in [4.78, 5) is 33.3. The van der Waals surface area contributed by atoms with Crippen molar-refractivity contribution < 1.29 is 14.3 Å². The summed E-state index contributed by atoms with van der Waals surface area (Å²) >= 11 is 1.34. The van der Waals surface area contributed by atoms with E-state index in [0.717, 1.165) is 24.0 Å². The fourth-order valence-electron chi connectivity index (χ4n) is 3.25. The maximum absolute atomic E-state index is 12.5. The van der Waals surface area contributed by atoms with Gasteiger partial charge in [0.2, 0.25) is 0 Å². The predicted molar refractivity (Wildman–Crippen MR) is 125 cm³/mol. The van der Waals surface area contributed by atoms with Crippen LogP contribution >= 0.6 is 11.8 Å². The molecule has 8 nitrogen and oxygen atoms in total. The third kappa shape index (κ3) is 6.08. The Labute approximate surface area is 191 Å². The van der Waals surface area contributed by atoms with Gasteiger partial charge in [-0.3, -0.25) is 15.1 Å². The van der Waals surface area contributed by atoms with Gasteiger partial charge >= 0.3 is 6.09 Å². The van der Waals surface area contributed by atoms with E-state index in [1.54, 1.807) is 26.8 Å². The van der Waals surface area contributed by atoms with Crippen molar-refractivity contribution in [2.45, 2.75) is 45.3 Å². The summed E-state index contributed by atoms with van der Waals surface area (Å²) in [6, 6.07) is 10.6. The molecule has 166 valence electrons. The van der Waals surface area contributed by atoms with Crippen LogP contribution in [0.15, 0.2) is 41.5 Å². The molecular formula is C23H25N5O3S. The maximum Gasteiger partial charge on any atom is 0.413 e. The topological polar surface area (TPSA) is 116 Å². The van der Waals surface area contributed by atoms with E-state index in [-0.39, 0.29) is 17.6 Å². The standard InChI is InChI=1S/C23H25N5O3S/c1-23(2,3)31-22(30)28-21(32-4)27-18-10-7-15-6-8-16(11-17(15)18)26-20(29)19-9-5-14(12-24)13-25-19/h5-6,8-9,11,13,18H,7,10H2,1-4H3,(H,26,29)(H,27,28,30). The monoisotopic (exact) mass is 451 g/mol. The lowest BCUT2D eigenvalue weighted by Gasteiger charge is -2.20. The smallest absolute Gasteiger partial charge is 0.413 e. The van der Waals surface area contributed by atoms with Gasteiger partial charge in [0.1, 0.15) is 17.4 Å². The van der Waals surface area contributed by atoms with Crippen molar-refractivity contribution in [2.75, 3.05) is 11.6 Å². The summed E-state index contributed by atoms with van der Waals surface area (Å²) in [5.74, 6) is -0.358. The lowest BCUT2D eigenvalue weighted by atomic mass is 10.1. The Balaban J connectivity index is 1.74. The minimum atomic E-state index is -0.593. The van der Waals surface area contributed by atoms with E-state index >= 15 is 0 Å². The Hall–Kier alpha value is -3.38. The molecule has 1 aromatic heterocycles. The molecule has 1 aliphatic carbocycles. The summed E-state index contributed by atoms with van der Waals surface area (Å²) in [5, 5.41) is 14.9. The number of nitrogens with zero attached hydrogens (tertiary/aromatic N) is 3. The molecule has 0 aliphatic heterocycles. The normalized spacial score (nSPS) is 15.5. The average Bonchev–Trinajstić information content (AvgIpc) is 3.14. The lowest BCUT2D eigenvalue weighted by Crippen LogP contribution is -2.35. The van der Waals surface area contributed by atoms with E-state index in [0.29, 0.717) is 16.4 Å². The molecule has 0 bridgehead atoms. The highest BCUT2D eigenvalue weighted by atomic mass is 32.2. The van der Waals surface area contributed by atoms with E-state index in [1.807, 2.05) is 30.5 Å². The number of carbonyl (C=O) groups is 2. The highest BCUT2D eigenvalue weighted by Gasteiger charge is 2.24.